The first-order chi connectivity index (χ1) is 24.0. The van der Waals surface area contributed by atoms with Gasteiger partial charge in [0.2, 0.25) is 5.91 Å². The van der Waals surface area contributed by atoms with Crippen LogP contribution >= 0.6 is 0 Å². The van der Waals surface area contributed by atoms with Gasteiger partial charge in [-0.15, -0.1) is 0 Å². The second kappa shape index (κ2) is 18.0. The molecule has 1 amide bonds. The van der Waals surface area contributed by atoms with Crippen LogP contribution in [0.2, 0.25) is 0 Å². The summed E-state index contributed by atoms with van der Waals surface area (Å²) in [4.78, 5) is 41.2. The first kappa shape index (κ1) is 34.6. The van der Waals surface area contributed by atoms with Crippen LogP contribution in [-0.2, 0) is 33.7 Å². The van der Waals surface area contributed by atoms with Crippen molar-refractivity contribution in [2.45, 2.75) is 38.3 Å². The van der Waals surface area contributed by atoms with Crippen molar-refractivity contribution in [3.8, 4) is 5.75 Å². The maximum Gasteiger partial charge on any atom is 0.328 e. The molecule has 5 rings (SSSR count). The van der Waals surface area contributed by atoms with Gasteiger partial charge in [-0.25, -0.2) is 4.79 Å². The molecular formula is C42H42N2O5. The lowest BCUT2D eigenvalue weighted by Crippen LogP contribution is -2.33. The van der Waals surface area contributed by atoms with Crippen LogP contribution in [0.15, 0.2) is 140 Å². The number of methoxy groups -OCH3 is 1. The number of aryl methyl sites for hydroxylation is 1. The Morgan fingerprint density at radius 2 is 1.31 bits per heavy atom. The summed E-state index contributed by atoms with van der Waals surface area (Å²) < 4.78 is 11.1. The van der Waals surface area contributed by atoms with Crippen LogP contribution in [0.3, 0.4) is 0 Å². The van der Waals surface area contributed by atoms with Crippen molar-refractivity contribution in [2.24, 2.45) is 0 Å². The molecule has 49 heavy (non-hydrogen) atoms. The van der Waals surface area contributed by atoms with Crippen molar-refractivity contribution < 1.29 is 23.9 Å². The molecule has 0 heterocycles. The van der Waals surface area contributed by atoms with Crippen LogP contribution in [0.1, 0.15) is 45.5 Å². The summed E-state index contributed by atoms with van der Waals surface area (Å²) in [5.74, 6) is 0.266. The average molecular weight is 655 g/mol. The van der Waals surface area contributed by atoms with E-state index < -0.39 is 12.0 Å². The number of amides is 1. The topological polar surface area (TPSA) is 84.9 Å². The molecule has 0 unspecified atom stereocenters. The SMILES string of the molecule is COC(=O)[C@H](Cc1ccc(OCCCN(Cc2ccccc2)C(=O)CCc2ccccc2)cc1)Nc1ccccc1C(=O)c1ccccc1. The summed E-state index contributed by atoms with van der Waals surface area (Å²) >= 11 is 0. The number of nitrogens with one attached hydrogen (secondary N) is 1. The minimum Gasteiger partial charge on any atom is -0.494 e. The lowest BCUT2D eigenvalue weighted by atomic mass is 10.00. The highest BCUT2D eigenvalue weighted by Crippen LogP contribution is 2.22. The number of benzene rings is 5. The number of ketones is 1. The molecule has 5 aromatic rings. The van der Waals surface area contributed by atoms with E-state index in [0.717, 1.165) is 16.7 Å². The zero-order valence-electron chi connectivity index (χ0n) is 27.8. The number of ether oxygens (including phenoxy) is 2. The van der Waals surface area contributed by atoms with Gasteiger partial charge in [0.1, 0.15) is 11.8 Å². The van der Waals surface area contributed by atoms with E-state index in [9.17, 15) is 14.4 Å². The highest BCUT2D eigenvalue weighted by molar-refractivity contribution is 6.12. The molecular weight excluding hydrogens is 612 g/mol. The summed E-state index contributed by atoms with van der Waals surface area (Å²) in [5, 5.41) is 3.25. The number of para-hydroxylation sites is 1. The zero-order chi connectivity index (χ0) is 34.3. The van der Waals surface area contributed by atoms with E-state index in [1.807, 2.05) is 102 Å². The van der Waals surface area contributed by atoms with Crippen LogP contribution in [0.25, 0.3) is 0 Å². The minimum absolute atomic E-state index is 0.123. The van der Waals surface area contributed by atoms with E-state index in [4.69, 9.17) is 9.47 Å². The Kier molecular flexibility index (Phi) is 12.7. The molecule has 0 aliphatic rings. The Balaban J connectivity index is 1.16. The highest BCUT2D eigenvalue weighted by Gasteiger charge is 2.23. The van der Waals surface area contributed by atoms with Crippen LogP contribution in [0.5, 0.6) is 5.75 Å². The second-order valence-corrected chi connectivity index (χ2v) is 11.8. The molecule has 5 aromatic carbocycles. The van der Waals surface area contributed by atoms with Crippen molar-refractivity contribution in [3.05, 3.63) is 167 Å². The van der Waals surface area contributed by atoms with E-state index in [2.05, 4.69) is 17.4 Å². The van der Waals surface area contributed by atoms with Gasteiger partial charge in [-0.2, -0.15) is 0 Å². The third-order valence-electron chi connectivity index (χ3n) is 8.27. The Hall–Kier alpha value is -5.69. The van der Waals surface area contributed by atoms with E-state index in [1.54, 1.807) is 30.3 Å². The van der Waals surface area contributed by atoms with Gasteiger partial charge in [0.25, 0.3) is 0 Å². The molecule has 250 valence electrons. The number of esters is 1. The van der Waals surface area contributed by atoms with Crippen molar-refractivity contribution in [3.63, 3.8) is 0 Å². The predicted octanol–water partition coefficient (Wildman–Crippen LogP) is 7.54. The smallest absolute Gasteiger partial charge is 0.328 e. The molecule has 0 spiro atoms. The fraction of sp³-hybridized carbons (Fsp3) is 0.214. The number of anilines is 1. The summed E-state index contributed by atoms with van der Waals surface area (Å²) in [6.45, 7) is 1.60. The molecule has 1 atom stereocenters. The number of hydrogen-bond acceptors (Lipinski definition) is 6. The van der Waals surface area contributed by atoms with Gasteiger partial charge in [-0.05, 0) is 53.8 Å². The number of rotatable bonds is 17. The molecule has 0 radical (unpaired) electrons. The molecule has 0 bridgehead atoms. The molecule has 0 aromatic heterocycles. The summed E-state index contributed by atoms with van der Waals surface area (Å²) in [6, 6.07) is 43.2. The minimum atomic E-state index is -0.712. The fourth-order valence-corrected chi connectivity index (χ4v) is 5.63. The quantitative estimate of drug-likeness (QED) is 0.0634. The molecule has 1 N–H and O–H groups in total. The summed E-state index contributed by atoms with van der Waals surface area (Å²) in [5.41, 5.74) is 4.76. The van der Waals surface area contributed by atoms with Gasteiger partial charge >= 0.3 is 5.97 Å². The molecule has 0 saturated carbocycles. The number of carbonyl (C=O) groups excluding carboxylic acids is 3. The van der Waals surface area contributed by atoms with Crippen LogP contribution < -0.4 is 10.1 Å². The first-order valence-corrected chi connectivity index (χ1v) is 16.6. The lowest BCUT2D eigenvalue weighted by Gasteiger charge is -2.23. The van der Waals surface area contributed by atoms with Crippen LogP contribution in [0, 0.1) is 0 Å². The van der Waals surface area contributed by atoms with E-state index in [-0.39, 0.29) is 11.7 Å². The van der Waals surface area contributed by atoms with E-state index in [1.165, 1.54) is 7.11 Å². The summed E-state index contributed by atoms with van der Waals surface area (Å²) in [6.07, 6.45) is 2.19. The standard InChI is InChI=1S/C42H42N2O5/c1-48-42(47)39(43-38-21-12-11-20-37(38)41(46)35-18-9-4-10-19-35)30-33-22-25-36(26-23-33)49-29-13-28-44(31-34-16-7-3-8-17-34)40(45)27-24-32-14-5-2-6-15-32/h2-12,14-23,25-26,39,43H,13,24,27-31H2,1H3/t39-/m0/s1. The first-order valence-electron chi connectivity index (χ1n) is 16.6. The molecule has 7 nitrogen and oxygen atoms in total. The van der Waals surface area contributed by atoms with Gasteiger partial charge in [0.05, 0.1) is 13.7 Å². The van der Waals surface area contributed by atoms with Gasteiger partial charge in [-0.3, -0.25) is 9.59 Å². The monoisotopic (exact) mass is 654 g/mol. The predicted molar refractivity (Wildman–Crippen MR) is 193 cm³/mol. The Bertz CT molecular complexity index is 1780. The van der Waals surface area contributed by atoms with Crippen molar-refractivity contribution in [2.75, 3.05) is 25.6 Å². The maximum absolute atomic E-state index is 13.2. The number of hydrogen-bond donors (Lipinski definition) is 1. The number of carbonyl (C=O) groups is 3. The van der Waals surface area contributed by atoms with Crippen molar-refractivity contribution in [1.82, 2.24) is 4.90 Å². The van der Waals surface area contributed by atoms with Crippen molar-refractivity contribution >= 4 is 23.3 Å². The van der Waals surface area contributed by atoms with E-state index in [0.29, 0.717) is 67.9 Å². The normalized spacial score (nSPS) is 11.3. The third-order valence-corrected chi connectivity index (χ3v) is 8.27. The Labute approximate surface area is 288 Å². The zero-order valence-corrected chi connectivity index (χ0v) is 27.8. The second-order valence-electron chi connectivity index (χ2n) is 11.8. The lowest BCUT2D eigenvalue weighted by molar-refractivity contribution is -0.141. The maximum atomic E-state index is 13.2. The van der Waals surface area contributed by atoms with Gasteiger partial charge < -0.3 is 19.7 Å². The highest BCUT2D eigenvalue weighted by atomic mass is 16.5. The van der Waals surface area contributed by atoms with Crippen molar-refractivity contribution in [1.29, 1.82) is 0 Å². The van der Waals surface area contributed by atoms with Gasteiger partial charge in [-0.1, -0.05) is 115 Å². The third kappa shape index (κ3) is 10.4. The average Bonchev–Trinajstić information content (AvgIpc) is 3.16. The molecule has 0 saturated heterocycles. The fourth-order valence-electron chi connectivity index (χ4n) is 5.63. The Morgan fingerprint density at radius 1 is 0.694 bits per heavy atom. The Morgan fingerprint density at radius 3 is 1.98 bits per heavy atom. The molecule has 0 fully saturated rings. The number of nitrogens with zero attached hydrogens (tertiary/aromatic N) is 1. The van der Waals surface area contributed by atoms with E-state index >= 15 is 0 Å². The van der Waals surface area contributed by atoms with Gasteiger partial charge in [0.15, 0.2) is 5.78 Å². The van der Waals surface area contributed by atoms with Crippen LogP contribution in [-0.4, -0.2) is 48.9 Å². The van der Waals surface area contributed by atoms with Gasteiger partial charge in [0, 0.05) is 42.7 Å². The molecule has 7 heteroatoms. The van der Waals surface area contributed by atoms with Crippen LogP contribution in [0.4, 0.5) is 5.69 Å². The largest absolute Gasteiger partial charge is 0.494 e. The summed E-state index contributed by atoms with van der Waals surface area (Å²) in [7, 11) is 1.35. The molecule has 0 aliphatic carbocycles. The molecule has 0 aliphatic heterocycles.